The van der Waals surface area contributed by atoms with Gasteiger partial charge in [0.25, 0.3) is 5.97 Å². The number of aromatic nitrogens is 1. The van der Waals surface area contributed by atoms with Crippen molar-refractivity contribution in [2.75, 3.05) is 5.73 Å². The number of nitrogen functional groups attached to an aromatic ring is 1. The number of unbranched alkanes of at least 4 members (excludes halogenated alkanes) is 3. The van der Waals surface area contributed by atoms with Gasteiger partial charge in [0.2, 0.25) is 0 Å². The normalized spacial score (nSPS) is 10.4. The third kappa shape index (κ3) is 5.71. The molecule has 5 heteroatoms. The predicted molar refractivity (Wildman–Crippen MR) is 117 cm³/mol. The number of para-hydroxylation sites is 1. The van der Waals surface area contributed by atoms with Crippen molar-refractivity contribution in [1.82, 2.24) is 4.57 Å². The standard InChI is InChI=1S/C21H25N3.C2H4O2/c1-2-3-4-5-9-20(23)19-15-24(17-13-11-16(22)12-14-17)21-10-7-6-8-18(19)21;1-2(3)4/h6-8,10-15,23H,2-5,9,22H2,1H3;1H3,(H,3,4). The molecule has 28 heavy (non-hydrogen) atoms. The molecule has 0 fully saturated rings. The minimum absolute atomic E-state index is 0.733. The minimum atomic E-state index is -0.833. The highest BCUT2D eigenvalue weighted by molar-refractivity contribution is 6.09. The number of fused-ring (bicyclic) bond motifs is 1. The van der Waals surface area contributed by atoms with E-state index in [2.05, 4.69) is 29.8 Å². The molecule has 1 heterocycles. The number of hydrogen-bond acceptors (Lipinski definition) is 3. The monoisotopic (exact) mass is 379 g/mol. The lowest BCUT2D eigenvalue weighted by molar-refractivity contribution is -0.134. The Balaban J connectivity index is 0.000000640. The van der Waals surface area contributed by atoms with Crippen molar-refractivity contribution in [1.29, 1.82) is 5.41 Å². The molecule has 2 aromatic carbocycles. The number of carboxylic acids is 1. The van der Waals surface area contributed by atoms with Gasteiger partial charge in [-0.15, -0.1) is 0 Å². The zero-order chi connectivity index (χ0) is 20.5. The SMILES string of the molecule is CC(=O)O.CCCCCCC(=N)c1cn(-c2ccc(N)cc2)c2ccccc12. The summed E-state index contributed by atoms with van der Waals surface area (Å²) in [4.78, 5) is 9.00. The quantitative estimate of drug-likeness (QED) is 0.282. The number of aliphatic carboxylic acids is 1. The largest absolute Gasteiger partial charge is 0.481 e. The number of carboxylic acid groups (broad SMARTS) is 1. The molecule has 0 radical (unpaired) electrons. The molecule has 0 saturated carbocycles. The van der Waals surface area contributed by atoms with E-state index in [4.69, 9.17) is 21.0 Å². The molecule has 0 aliphatic heterocycles. The second-order valence-electron chi connectivity index (χ2n) is 6.83. The first-order valence-electron chi connectivity index (χ1n) is 9.67. The number of benzene rings is 2. The molecule has 0 spiro atoms. The summed E-state index contributed by atoms with van der Waals surface area (Å²) in [5.41, 5.74) is 10.6. The molecule has 1 aromatic heterocycles. The van der Waals surface area contributed by atoms with Gasteiger partial charge in [0, 0.05) is 41.2 Å². The molecule has 0 saturated heterocycles. The smallest absolute Gasteiger partial charge is 0.300 e. The summed E-state index contributed by atoms with van der Waals surface area (Å²) < 4.78 is 2.16. The summed E-state index contributed by atoms with van der Waals surface area (Å²) in [6.07, 6.45) is 7.71. The maximum absolute atomic E-state index is 9.00. The van der Waals surface area contributed by atoms with Crippen LogP contribution in [0.25, 0.3) is 16.6 Å². The molecule has 3 aromatic rings. The summed E-state index contributed by atoms with van der Waals surface area (Å²) in [5.74, 6) is -0.833. The van der Waals surface area contributed by atoms with Gasteiger partial charge in [-0.25, -0.2) is 0 Å². The lowest BCUT2D eigenvalue weighted by atomic mass is 10.0. The van der Waals surface area contributed by atoms with Crippen molar-refractivity contribution in [3.8, 4) is 5.69 Å². The van der Waals surface area contributed by atoms with Gasteiger partial charge in [-0.1, -0.05) is 44.4 Å². The molecule has 0 atom stereocenters. The van der Waals surface area contributed by atoms with Crippen LogP contribution >= 0.6 is 0 Å². The van der Waals surface area contributed by atoms with Crippen molar-refractivity contribution < 1.29 is 9.90 Å². The van der Waals surface area contributed by atoms with Gasteiger partial charge >= 0.3 is 0 Å². The van der Waals surface area contributed by atoms with Crippen molar-refractivity contribution in [2.24, 2.45) is 0 Å². The average Bonchev–Trinajstić information content (AvgIpc) is 3.05. The number of rotatable bonds is 7. The van der Waals surface area contributed by atoms with Crippen molar-refractivity contribution >= 4 is 28.3 Å². The molecule has 0 aliphatic rings. The van der Waals surface area contributed by atoms with Gasteiger partial charge in [0.15, 0.2) is 0 Å². The Morgan fingerprint density at radius 3 is 2.36 bits per heavy atom. The summed E-state index contributed by atoms with van der Waals surface area (Å²) in [6.45, 7) is 3.30. The van der Waals surface area contributed by atoms with E-state index in [9.17, 15) is 0 Å². The van der Waals surface area contributed by atoms with Gasteiger partial charge in [0.05, 0.1) is 5.52 Å². The van der Waals surface area contributed by atoms with Gasteiger partial charge in [-0.3, -0.25) is 4.79 Å². The van der Waals surface area contributed by atoms with E-state index in [-0.39, 0.29) is 0 Å². The Kier molecular flexibility index (Phi) is 7.81. The molecule has 0 aliphatic carbocycles. The average molecular weight is 380 g/mol. The van der Waals surface area contributed by atoms with Crippen LogP contribution in [0.2, 0.25) is 0 Å². The number of carbonyl (C=O) groups is 1. The van der Waals surface area contributed by atoms with E-state index in [1.54, 1.807) is 0 Å². The second kappa shape index (κ2) is 10.3. The summed E-state index contributed by atoms with van der Waals surface area (Å²) >= 11 is 0. The molecule has 0 bridgehead atoms. The van der Waals surface area contributed by atoms with Gasteiger partial charge in [0.1, 0.15) is 0 Å². The minimum Gasteiger partial charge on any atom is -0.481 e. The van der Waals surface area contributed by atoms with Gasteiger partial charge in [-0.05, 0) is 43.2 Å². The Labute approximate surface area is 166 Å². The van der Waals surface area contributed by atoms with Crippen LogP contribution in [0.1, 0.15) is 51.5 Å². The molecule has 3 rings (SSSR count). The van der Waals surface area contributed by atoms with E-state index < -0.39 is 5.97 Å². The number of nitrogens with zero attached hydrogens (tertiary/aromatic N) is 1. The first-order chi connectivity index (χ1) is 13.4. The highest BCUT2D eigenvalue weighted by atomic mass is 16.4. The second-order valence-corrected chi connectivity index (χ2v) is 6.83. The Hall–Kier alpha value is -3.08. The van der Waals surface area contributed by atoms with Gasteiger partial charge < -0.3 is 20.8 Å². The molecule has 5 nitrogen and oxygen atoms in total. The van der Waals surface area contributed by atoms with Gasteiger partial charge in [-0.2, -0.15) is 0 Å². The van der Waals surface area contributed by atoms with Crippen molar-refractivity contribution in [2.45, 2.75) is 46.0 Å². The van der Waals surface area contributed by atoms with Crippen LogP contribution in [-0.2, 0) is 4.79 Å². The van der Waals surface area contributed by atoms with E-state index >= 15 is 0 Å². The first-order valence-corrected chi connectivity index (χ1v) is 9.67. The predicted octanol–water partition coefficient (Wildman–Crippen LogP) is 5.64. The third-order valence-corrected chi connectivity index (χ3v) is 4.49. The maximum atomic E-state index is 9.00. The van der Waals surface area contributed by atoms with Crippen LogP contribution in [0.5, 0.6) is 0 Å². The molecular formula is C23H29N3O2. The molecule has 0 unspecified atom stereocenters. The number of hydrogen-bond donors (Lipinski definition) is 3. The number of anilines is 1. The summed E-state index contributed by atoms with van der Waals surface area (Å²) in [5, 5.41) is 17.1. The fraction of sp³-hybridized carbons (Fsp3) is 0.304. The first kappa shape index (κ1) is 21.2. The van der Waals surface area contributed by atoms with Crippen LogP contribution in [0.15, 0.2) is 54.7 Å². The van der Waals surface area contributed by atoms with Crippen molar-refractivity contribution in [3.05, 3.63) is 60.3 Å². The maximum Gasteiger partial charge on any atom is 0.300 e. The van der Waals surface area contributed by atoms with E-state index in [1.807, 2.05) is 36.4 Å². The summed E-state index contributed by atoms with van der Waals surface area (Å²) in [7, 11) is 0. The lowest BCUT2D eigenvalue weighted by Gasteiger charge is -2.05. The Morgan fingerprint density at radius 1 is 1.07 bits per heavy atom. The fourth-order valence-electron chi connectivity index (χ4n) is 3.13. The summed E-state index contributed by atoms with van der Waals surface area (Å²) in [6, 6.07) is 16.2. The van der Waals surface area contributed by atoms with E-state index in [0.717, 1.165) is 53.3 Å². The zero-order valence-corrected chi connectivity index (χ0v) is 16.6. The van der Waals surface area contributed by atoms with Crippen LogP contribution < -0.4 is 5.73 Å². The number of nitrogens with two attached hydrogens (primary N) is 1. The highest BCUT2D eigenvalue weighted by Crippen LogP contribution is 2.26. The van der Waals surface area contributed by atoms with Crippen LogP contribution in [-0.4, -0.2) is 21.4 Å². The lowest BCUT2D eigenvalue weighted by Crippen LogP contribution is -1.98. The van der Waals surface area contributed by atoms with E-state index in [1.165, 1.54) is 19.3 Å². The Morgan fingerprint density at radius 2 is 1.71 bits per heavy atom. The molecule has 148 valence electrons. The van der Waals surface area contributed by atoms with Crippen molar-refractivity contribution in [3.63, 3.8) is 0 Å². The molecular weight excluding hydrogens is 350 g/mol. The molecule has 4 N–H and O–H groups in total. The van der Waals surface area contributed by atoms with Crippen LogP contribution in [0.3, 0.4) is 0 Å². The highest BCUT2D eigenvalue weighted by Gasteiger charge is 2.13. The molecule has 0 amide bonds. The van der Waals surface area contributed by atoms with Crippen LogP contribution in [0, 0.1) is 5.41 Å². The Bertz CT molecular complexity index is 923. The zero-order valence-electron chi connectivity index (χ0n) is 16.6. The third-order valence-electron chi connectivity index (χ3n) is 4.49. The number of nitrogens with one attached hydrogen (secondary N) is 1. The van der Waals surface area contributed by atoms with E-state index in [0.29, 0.717) is 0 Å². The fourth-order valence-corrected chi connectivity index (χ4v) is 3.13. The van der Waals surface area contributed by atoms with Crippen LogP contribution in [0.4, 0.5) is 5.69 Å². The topological polar surface area (TPSA) is 92.1 Å².